The van der Waals surface area contributed by atoms with Crippen molar-refractivity contribution >= 4 is 5.97 Å². The molecule has 1 rings (SSSR count). The molecule has 1 saturated carbocycles. The Kier molecular flexibility index (Phi) is 5.96. The molecular weight excluding hydrogens is 214 g/mol. The molecule has 3 heteroatoms. The lowest BCUT2D eigenvalue weighted by Crippen LogP contribution is -2.48. The van der Waals surface area contributed by atoms with E-state index in [9.17, 15) is 4.79 Å². The van der Waals surface area contributed by atoms with Crippen LogP contribution in [0.25, 0.3) is 0 Å². The Morgan fingerprint density at radius 1 is 1.18 bits per heavy atom. The van der Waals surface area contributed by atoms with Crippen molar-refractivity contribution in [3.63, 3.8) is 0 Å². The van der Waals surface area contributed by atoms with Crippen molar-refractivity contribution in [1.82, 2.24) is 5.32 Å². The Bertz CT molecular complexity index is 234. The lowest BCUT2D eigenvalue weighted by Gasteiger charge is -2.32. The normalized spacial score (nSPS) is 21.2. The predicted octanol–water partition coefficient (Wildman–Crippen LogP) is 2.74. The summed E-state index contributed by atoms with van der Waals surface area (Å²) in [6, 6.07) is 0.235. The van der Waals surface area contributed by atoms with Crippen LogP contribution in [0.5, 0.6) is 0 Å². The number of carbonyl (C=O) groups excluding carboxylic acids is 1. The predicted molar refractivity (Wildman–Crippen MR) is 69.8 cm³/mol. The van der Waals surface area contributed by atoms with Crippen LogP contribution in [-0.2, 0) is 9.53 Å². The molecule has 0 bridgehead atoms. The topological polar surface area (TPSA) is 38.3 Å². The molecule has 1 aliphatic rings. The molecular formula is C14H27NO2. The average molecular weight is 241 g/mol. The highest BCUT2D eigenvalue weighted by atomic mass is 16.5. The van der Waals surface area contributed by atoms with Crippen LogP contribution in [0.4, 0.5) is 0 Å². The summed E-state index contributed by atoms with van der Waals surface area (Å²) in [4.78, 5) is 11.7. The molecule has 0 spiro atoms. The maximum Gasteiger partial charge on any atom is 0.323 e. The summed E-state index contributed by atoms with van der Waals surface area (Å²) >= 11 is 0. The van der Waals surface area contributed by atoms with Gasteiger partial charge in [0.05, 0.1) is 7.11 Å². The SMILES string of the molecule is COC(=O)[C@@H](NC(C)C1CCCCC1)C(C)C. The summed E-state index contributed by atoms with van der Waals surface area (Å²) in [7, 11) is 1.46. The second-order valence-corrected chi connectivity index (χ2v) is 5.60. The zero-order chi connectivity index (χ0) is 12.8. The number of nitrogens with one attached hydrogen (secondary N) is 1. The Hall–Kier alpha value is -0.570. The van der Waals surface area contributed by atoms with Crippen molar-refractivity contribution in [1.29, 1.82) is 0 Å². The summed E-state index contributed by atoms with van der Waals surface area (Å²) in [6.45, 7) is 6.32. The van der Waals surface area contributed by atoms with Gasteiger partial charge in [-0.25, -0.2) is 0 Å². The molecule has 1 fully saturated rings. The molecule has 100 valence electrons. The zero-order valence-electron chi connectivity index (χ0n) is 11.7. The van der Waals surface area contributed by atoms with E-state index in [0.29, 0.717) is 6.04 Å². The minimum Gasteiger partial charge on any atom is -0.468 e. The van der Waals surface area contributed by atoms with Crippen molar-refractivity contribution in [3.05, 3.63) is 0 Å². The van der Waals surface area contributed by atoms with Crippen LogP contribution >= 0.6 is 0 Å². The number of methoxy groups -OCH3 is 1. The van der Waals surface area contributed by atoms with Gasteiger partial charge in [0.1, 0.15) is 6.04 Å². The van der Waals surface area contributed by atoms with E-state index in [1.54, 1.807) is 0 Å². The van der Waals surface area contributed by atoms with E-state index in [4.69, 9.17) is 4.74 Å². The van der Waals surface area contributed by atoms with Gasteiger partial charge in [0.25, 0.3) is 0 Å². The average Bonchev–Trinajstić information content (AvgIpc) is 2.35. The third-order valence-electron chi connectivity index (χ3n) is 3.92. The van der Waals surface area contributed by atoms with Crippen molar-refractivity contribution in [2.45, 2.75) is 65.0 Å². The molecule has 0 aliphatic heterocycles. The van der Waals surface area contributed by atoms with Gasteiger partial charge in [-0.2, -0.15) is 0 Å². The summed E-state index contributed by atoms with van der Waals surface area (Å²) in [5.74, 6) is 0.853. The van der Waals surface area contributed by atoms with Gasteiger partial charge in [0.2, 0.25) is 0 Å². The summed E-state index contributed by atoms with van der Waals surface area (Å²) in [5.41, 5.74) is 0. The molecule has 0 heterocycles. The molecule has 0 saturated heterocycles. The van der Waals surface area contributed by atoms with Gasteiger partial charge in [-0.3, -0.25) is 4.79 Å². The van der Waals surface area contributed by atoms with Crippen molar-refractivity contribution in [2.24, 2.45) is 11.8 Å². The first-order valence-corrected chi connectivity index (χ1v) is 6.90. The Balaban J connectivity index is 2.50. The summed E-state index contributed by atoms with van der Waals surface area (Å²) in [5, 5.41) is 3.46. The van der Waals surface area contributed by atoms with Gasteiger partial charge in [0.15, 0.2) is 0 Å². The molecule has 0 amide bonds. The minimum atomic E-state index is -0.170. The van der Waals surface area contributed by atoms with Crippen LogP contribution in [0.3, 0.4) is 0 Å². The van der Waals surface area contributed by atoms with E-state index < -0.39 is 0 Å². The molecule has 2 atom stereocenters. The van der Waals surface area contributed by atoms with Crippen molar-refractivity contribution < 1.29 is 9.53 Å². The standard InChI is InChI=1S/C14H27NO2/c1-10(2)13(14(16)17-4)15-11(3)12-8-6-5-7-9-12/h10-13,15H,5-9H2,1-4H3/t11?,13-/m0/s1. The molecule has 0 aromatic heterocycles. The van der Waals surface area contributed by atoms with Gasteiger partial charge in [0, 0.05) is 6.04 Å². The third kappa shape index (κ3) is 4.30. The largest absolute Gasteiger partial charge is 0.468 e. The van der Waals surface area contributed by atoms with Crippen LogP contribution < -0.4 is 5.32 Å². The van der Waals surface area contributed by atoms with Crippen LogP contribution in [0, 0.1) is 11.8 Å². The van der Waals surface area contributed by atoms with E-state index >= 15 is 0 Å². The van der Waals surface area contributed by atoms with Gasteiger partial charge in [-0.05, 0) is 31.6 Å². The number of hydrogen-bond donors (Lipinski definition) is 1. The maximum absolute atomic E-state index is 11.7. The quantitative estimate of drug-likeness (QED) is 0.752. The van der Waals surface area contributed by atoms with E-state index in [0.717, 1.165) is 5.92 Å². The van der Waals surface area contributed by atoms with E-state index in [2.05, 4.69) is 26.1 Å². The second kappa shape index (κ2) is 7.00. The first kappa shape index (κ1) is 14.5. The van der Waals surface area contributed by atoms with E-state index in [-0.39, 0.29) is 17.9 Å². The second-order valence-electron chi connectivity index (χ2n) is 5.60. The molecule has 3 nitrogen and oxygen atoms in total. The molecule has 0 aromatic carbocycles. The lowest BCUT2D eigenvalue weighted by molar-refractivity contribution is -0.144. The highest BCUT2D eigenvalue weighted by molar-refractivity contribution is 5.75. The fraction of sp³-hybridized carbons (Fsp3) is 0.929. The van der Waals surface area contributed by atoms with Crippen LogP contribution in [0.15, 0.2) is 0 Å². The molecule has 0 aromatic rings. The summed E-state index contributed by atoms with van der Waals surface area (Å²) < 4.78 is 4.86. The maximum atomic E-state index is 11.7. The molecule has 0 radical (unpaired) electrons. The molecule has 1 unspecified atom stereocenters. The van der Waals surface area contributed by atoms with Crippen LogP contribution in [0.2, 0.25) is 0 Å². The number of rotatable bonds is 5. The molecule has 1 N–H and O–H groups in total. The zero-order valence-corrected chi connectivity index (χ0v) is 11.7. The van der Waals surface area contributed by atoms with E-state index in [1.807, 2.05) is 0 Å². The van der Waals surface area contributed by atoms with Crippen molar-refractivity contribution in [2.75, 3.05) is 7.11 Å². The molecule has 1 aliphatic carbocycles. The first-order valence-electron chi connectivity index (χ1n) is 6.90. The Morgan fingerprint density at radius 3 is 2.24 bits per heavy atom. The first-order chi connectivity index (χ1) is 8.06. The molecule has 17 heavy (non-hydrogen) atoms. The van der Waals surface area contributed by atoms with E-state index in [1.165, 1.54) is 39.2 Å². The summed E-state index contributed by atoms with van der Waals surface area (Å²) in [6.07, 6.45) is 6.62. The number of esters is 1. The number of carbonyl (C=O) groups is 1. The van der Waals surface area contributed by atoms with Gasteiger partial charge in [-0.15, -0.1) is 0 Å². The number of hydrogen-bond acceptors (Lipinski definition) is 3. The fourth-order valence-electron chi connectivity index (χ4n) is 2.71. The highest BCUT2D eigenvalue weighted by Gasteiger charge is 2.28. The highest BCUT2D eigenvalue weighted by Crippen LogP contribution is 2.26. The van der Waals surface area contributed by atoms with Gasteiger partial charge >= 0.3 is 5.97 Å². The third-order valence-corrected chi connectivity index (χ3v) is 3.92. The Morgan fingerprint density at radius 2 is 1.76 bits per heavy atom. The van der Waals surface area contributed by atoms with Crippen molar-refractivity contribution in [3.8, 4) is 0 Å². The smallest absolute Gasteiger partial charge is 0.323 e. The fourth-order valence-corrected chi connectivity index (χ4v) is 2.71. The van der Waals surface area contributed by atoms with Crippen LogP contribution in [0.1, 0.15) is 52.9 Å². The Labute approximate surface area is 105 Å². The van der Waals surface area contributed by atoms with Crippen LogP contribution in [-0.4, -0.2) is 25.2 Å². The minimum absolute atomic E-state index is 0.136. The van der Waals surface area contributed by atoms with Gasteiger partial charge < -0.3 is 10.1 Å². The lowest BCUT2D eigenvalue weighted by atomic mass is 9.84. The van der Waals surface area contributed by atoms with Gasteiger partial charge in [-0.1, -0.05) is 33.1 Å². The number of ether oxygens (including phenoxy) is 1. The monoisotopic (exact) mass is 241 g/mol.